The molecule has 1 aliphatic heterocycles. The van der Waals surface area contributed by atoms with E-state index in [0.717, 1.165) is 6.42 Å². The number of methoxy groups -OCH3 is 1. The highest BCUT2D eigenvalue weighted by atomic mass is 32.2. The SMILES string of the molecule is COC1OCC2C1CC1CCCCC1C2CS(=O)(=O)c1ccccc1. The van der Waals surface area contributed by atoms with Crippen LogP contribution in [0.25, 0.3) is 0 Å². The summed E-state index contributed by atoms with van der Waals surface area (Å²) in [6.07, 6.45) is 5.88. The lowest BCUT2D eigenvalue weighted by Gasteiger charge is -2.47. The van der Waals surface area contributed by atoms with Crippen molar-refractivity contribution in [3.05, 3.63) is 30.3 Å². The Balaban J connectivity index is 1.63. The molecule has 0 spiro atoms. The molecule has 3 aliphatic rings. The quantitative estimate of drug-likeness (QED) is 0.820. The highest BCUT2D eigenvalue weighted by Crippen LogP contribution is 2.53. The van der Waals surface area contributed by atoms with Crippen molar-refractivity contribution in [2.45, 2.75) is 43.3 Å². The third kappa shape index (κ3) is 3.26. The summed E-state index contributed by atoms with van der Waals surface area (Å²) in [4.78, 5) is 0.451. The number of hydrogen-bond acceptors (Lipinski definition) is 4. The number of hydrogen-bond donors (Lipinski definition) is 0. The number of fused-ring (bicyclic) bond motifs is 2. The first kappa shape index (κ1) is 17.5. The molecular weight excluding hydrogens is 336 g/mol. The van der Waals surface area contributed by atoms with Crippen molar-refractivity contribution in [3.8, 4) is 0 Å². The van der Waals surface area contributed by atoms with E-state index in [-0.39, 0.29) is 18.0 Å². The van der Waals surface area contributed by atoms with E-state index >= 15 is 0 Å². The molecule has 4 nitrogen and oxygen atoms in total. The monoisotopic (exact) mass is 364 g/mol. The maximum atomic E-state index is 13.0. The summed E-state index contributed by atoms with van der Waals surface area (Å²) in [7, 11) is -1.57. The minimum absolute atomic E-state index is 0.158. The van der Waals surface area contributed by atoms with E-state index in [9.17, 15) is 8.42 Å². The molecule has 1 saturated heterocycles. The fourth-order valence-corrected chi connectivity index (χ4v) is 7.37. The third-order valence-corrected chi connectivity index (χ3v) is 8.56. The predicted octanol–water partition coefficient (Wildman–Crippen LogP) is 3.52. The van der Waals surface area contributed by atoms with Gasteiger partial charge >= 0.3 is 0 Å². The fraction of sp³-hybridized carbons (Fsp3) is 0.700. The van der Waals surface area contributed by atoms with Crippen LogP contribution in [0.15, 0.2) is 35.2 Å². The van der Waals surface area contributed by atoms with Crippen molar-refractivity contribution >= 4 is 9.84 Å². The molecule has 1 heterocycles. The van der Waals surface area contributed by atoms with Gasteiger partial charge in [-0.3, -0.25) is 0 Å². The maximum Gasteiger partial charge on any atom is 0.178 e. The molecule has 2 aliphatic carbocycles. The molecule has 2 saturated carbocycles. The second-order valence-electron chi connectivity index (χ2n) is 7.97. The van der Waals surface area contributed by atoms with Gasteiger partial charge in [0.1, 0.15) is 0 Å². The molecule has 1 aromatic carbocycles. The van der Waals surface area contributed by atoms with Crippen LogP contribution in [0.5, 0.6) is 0 Å². The number of sulfone groups is 1. The molecule has 138 valence electrons. The lowest BCUT2D eigenvalue weighted by Crippen LogP contribution is -2.45. The van der Waals surface area contributed by atoms with E-state index < -0.39 is 9.84 Å². The Kier molecular flexibility index (Phi) is 4.91. The molecule has 0 N–H and O–H groups in total. The molecule has 0 amide bonds. The van der Waals surface area contributed by atoms with Gasteiger partial charge < -0.3 is 9.47 Å². The summed E-state index contributed by atoms with van der Waals surface area (Å²) in [5.41, 5.74) is 0. The summed E-state index contributed by atoms with van der Waals surface area (Å²) in [6.45, 7) is 0.640. The van der Waals surface area contributed by atoms with Gasteiger partial charge in [-0.2, -0.15) is 0 Å². The summed E-state index contributed by atoms with van der Waals surface area (Å²) in [5, 5.41) is 0. The summed E-state index contributed by atoms with van der Waals surface area (Å²) in [5.74, 6) is 2.25. The largest absolute Gasteiger partial charge is 0.356 e. The van der Waals surface area contributed by atoms with Crippen molar-refractivity contribution < 1.29 is 17.9 Å². The van der Waals surface area contributed by atoms with Crippen molar-refractivity contribution in [3.63, 3.8) is 0 Å². The van der Waals surface area contributed by atoms with Gasteiger partial charge in [0.2, 0.25) is 0 Å². The second-order valence-corrected chi connectivity index (χ2v) is 10.0. The van der Waals surface area contributed by atoms with Crippen molar-refractivity contribution in [2.24, 2.45) is 29.6 Å². The van der Waals surface area contributed by atoms with Crippen LogP contribution in [-0.4, -0.2) is 34.2 Å². The highest BCUT2D eigenvalue weighted by Gasteiger charge is 2.52. The highest BCUT2D eigenvalue weighted by molar-refractivity contribution is 7.91. The van der Waals surface area contributed by atoms with Crippen LogP contribution >= 0.6 is 0 Å². The van der Waals surface area contributed by atoms with Gasteiger partial charge in [0.25, 0.3) is 0 Å². The van der Waals surface area contributed by atoms with E-state index in [1.54, 1.807) is 31.4 Å². The topological polar surface area (TPSA) is 52.6 Å². The smallest absolute Gasteiger partial charge is 0.178 e. The average Bonchev–Trinajstić information content (AvgIpc) is 3.05. The molecule has 0 bridgehead atoms. The van der Waals surface area contributed by atoms with Crippen LogP contribution in [0.2, 0.25) is 0 Å². The third-order valence-electron chi connectivity index (χ3n) is 6.74. The second kappa shape index (κ2) is 7.01. The Morgan fingerprint density at radius 3 is 2.60 bits per heavy atom. The zero-order valence-electron chi connectivity index (χ0n) is 14.8. The van der Waals surface area contributed by atoms with Crippen LogP contribution in [-0.2, 0) is 19.3 Å². The van der Waals surface area contributed by atoms with Crippen molar-refractivity contribution in [1.82, 2.24) is 0 Å². The molecule has 0 aromatic heterocycles. The standard InChI is InChI=1S/C20H28O4S/c1-23-20-17-11-14-7-5-6-10-16(14)19(18(17)12-24-20)13-25(21,22)15-8-3-2-4-9-15/h2-4,8-9,14,16-20H,5-7,10-13H2,1H3. The molecule has 4 rings (SSSR count). The first-order chi connectivity index (χ1) is 12.1. The summed E-state index contributed by atoms with van der Waals surface area (Å²) >= 11 is 0. The molecule has 6 unspecified atom stereocenters. The Morgan fingerprint density at radius 1 is 1.08 bits per heavy atom. The molecule has 5 heteroatoms. The minimum atomic E-state index is -3.27. The molecule has 1 aromatic rings. The van der Waals surface area contributed by atoms with Crippen molar-refractivity contribution in [1.29, 1.82) is 0 Å². The fourth-order valence-electron chi connectivity index (χ4n) is 5.61. The maximum absolute atomic E-state index is 13.0. The van der Waals surface area contributed by atoms with Gasteiger partial charge in [0.15, 0.2) is 16.1 Å². The summed E-state index contributed by atoms with van der Waals surface area (Å²) < 4.78 is 37.5. The molecule has 25 heavy (non-hydrogen) atoms. The first-order valence-electron chi connectivity index (χ1n) is 9.52. The summed E-state index contributed by atoms with van der Waals surface area (Å²) in [6, 6.07) is 8.91. The minimum Gasteiger partial charge on any atom is -0.356 e. The first-order valence-corrected chi connectivity index (χ1v) is 11.2. The van der Waals surface area contributed by atoms with E-state index in [0.29, 0.717) is 35.2 Å². The molecule has 3 fully saturated rings. The van der Waals surface area contributed by atoms with Crippen LogP contribution < -0.4 is 0 Å². The van der Waals surface area contributed by atoms with Gasteiger partial charge in [-0.15, -0.1) is 0 Å². The molecular formula is C20H28O4S. The van der Waals surface area contributed by atoms with Gasteiger partial charge in [-0.1, -0.05) is 37.5 Å². The van der Waals surface area contributed by atoms with E-state index in [1.165, 1.54) is 25.7 Å². The van der Waals surface area contributed by atoms with Crippen LogP contribution in [0, 0.1) is 29.6 Å². The lowest BCUT2D eigenvalue weighted by molar-refractivity contribution is -0.119. The number of rotatable bonds is 4. The normalized spacial score (nSPS) is 38.1. The number of benzene rings is 1. The van der Waals surface area contributed by atoms with Gasteiger partial charge in [-0.25, -0.2) is 8.42 Å². The molecule has 0 radical (unpaired) electrons. The van der Waals surface area contributed by atoms with E-state index in [2.05, 4.69) is 0 Å². The predicted molar refractivity (Wildman–Crippen MR) is 95.8 cm³/mol. The zero-order valence-corrected chi connectivity index (χ0v) is 15.7. The van der Waals surface area contributed by atoms with Crippen LogP contribution in [0.4, 0.5) is 0 Å². The number of ether oxygens (including phenoxy) is 2. The van der Waals surface area contributed by atoms with E-state index in [1.807, 2.05) is 6.07 Å². The van der Waals surface area contributed by atoms with Gasteiger partial charge in [-0.05, 0) is 48.6 Å². The Hall–Kier alpha value is -0.910. The Labute approximate surface area is 150 Å². The van der Waals surface area contributed by atoms with E-state index in [4.69, 9.17) is 9.47 Å². The van der Waals surface area contributed by atoms with Crippen molar-refractivity contribution in [2.75, 3.05) is 19.5 Å². The van der Waals surface area contributed by atoms with Crippen LogP contribution in [0.3, 0.4) is 0 Å². The van der Waals surface area contributed by atoms with Gasteiger partial charge in [0, 0.05) is 13.0 Å². The lowest BCUT2D eigenvalue weighted by atomic mass is 9.59. The Bertz CT molecular complexity index is 687. The van der Waals surface area contributed by atoms with Crippen LogP contribution in [0.1, 0.15) is 32.1 Å². The van der Waals surface area contributed by atoms with Gasteiger partial charge in [0.05, 0.1) is 17.3 Å². The Morgan fingerprint density at radius 2 is 1.84 bits per heavy atom. The average molecular weight is 365 g/mol. The molecule has 6 atom stereocenters. The zero-order chi connectivity index (χ0) is 17.4.